The van der Waals surface area contributed by atoms with Crippen LogP contribution in [0.25, 0.3) is 16.4 Å². The SMILES string of the molecule is CC.Cn1c2ccccc2c2cncn21.[W]. The van der Waals surface area contributed by atoms with Crippen molar-refractivity contribution in [1.29, 1.82) is 0 Å². The minimum Gasteiger partial charge on any atom is -0.282 e. The zero-order valence-electron chi connectivity index (χ0n) is 9.71. The molecular weight excluding hydrogens is 370 g/mol. The summed E-state index contributed by atoms with van der Waals surface area (Å²) < 4.78 is 4.14. The molecule has 0 amide bonds. The average Bonchev–Trinajstić information content (AvgIpc) is 2.87. The zero-order chi connectivity index (χ0) is 10.8. The van der Waals surface area contributed by atoms with E-state index in [-0.39, 0.29) is 21.1 Å². The maximum atomic E-state index is 4.11. The molecule has 3 nitrogen and oxygen atoms in total. The van der Waals surface area contributed by atoms with Gasteiger partial charge in [-0.2, -0.15) is 0 Å². The first-order chi connectivity index (χ1) is 7.38. The molecule has 0 aliphatic carbocycles. The minimum atomic E-state index is 0. The standard InChI is InChI=1S/C10H9N3.C2H6.W/c1-12-9-5-3-2-4-8(9)10-6-11-7-13(10)12;1-2;/h2-7H,1H3;1-2H3;. The second kappa shape index (κ2) is 5.31. The topological polar surface area (TPSA) is 22.2 Å². The van der Waals surface area contributed by atoms with E-state index in [1.165, 1.54) is 10.9 Å². The Morgan fingerprint density at radius 3 is 2.50 bits per heavy atom. The molecule has 0 saturated heterocycles. The third-order valence-electron chi connectivity index (χ3n) is 2.47. The Morgan fingerprint density at radius 2 is 1.75 bits per heavy atom. The Balaban J connectivity index is 0.000000406. The van der Waals surface area contributed by atoms with Crippen LogP contribution < -0.4 is 0 Å². The van der Waals surface area contributed by atoms with Crippen LogP contribution in [-0.2, 0) is 28.1 Å². The molecule has 0 N–H and O–H groups in total. The number of imidazole rings is 1. The fraction of sp³-hybridized carbons (Fsp3) is 0.250. The third-order valence-corrected chi connectivity index (χ3v) is 2.47. The van der Waals surface area contributed by atoms with Crippen molar-refractivity contribution in [1.82, 2.24) is 14.2 Å². The minimum absolute atomic E-state index is 0. The van der Waals surface area contributed by atoms with Gasteiger partial charge in [0.1, 0.15) is 6.33 Å². The molecule has 0 aliphatic rings. The molecule has 0 aliphatic heterocycles. The molecule has 3 aromatic rings. The van der Waals surface area contributed by atoms with Crippen molar-refractivity contribution in [3.05, 3.63) is 36.8 Å². The van der Waals surface area contributed by atoms with Gasteiger partial charge in [0.25, 0.3) is 0 Å². The number of nitrogens with zero attached hydrogens (tertiary/aromatic N) is 3. The van der Waals surface area contributed by atoms with Gasteiger partial charge in [0.05, 0.1) is 17.2 Å². The van der Waals surface area contributed by atoms with Gasteiger partial charge in [-0.3, -0.25) is 4.68 Å². The van der Waals surface area contributed by atoms with E-state index in [4.69, 9.17) is 0 Å². The molecule has 0 atom stereocenters. The first-order valence-electron chi connectivity index (χ1n) is 5.24. The molecule has 0 radical (unpaired) electrons. The molecule has 0 unspecified atom stereocenters. The Morgan fingerprint density at radius 1 is 1.06 bits per heavy atom. The van der Waals surface area contributed by atoms with Crippen molar-refractivity contribution in [2.75, 3.05) is 0 Å². The molecule has 3 rings (SSSR count). The van der Waals surface area contributed by atoms with Gasteiger partial charge in [-0.1, -0.05) is 32.0 Å². The van der Waals surface area contributed by atoms with Gasteiger partial charge in [0.15, 0.2) is 0 Å². The summed E-state index contributed by atoms with van der Waals surface area (Å²) in [4.78, 5) is 4.11. The van der Waals surface area contributed by atoms with Crippen LogP contribution in [0.4, 0.5) is 0 Å². The molecule has 84 valence electrons. The average molecular weight is 385 g/mol. The largest absolute Gasteiger partial charge is 0.282 e. The third kappa shape index (κ3) is 1.80. The molecule has 1 aromatic carbocycles. The first-order valence-corrected chi connectivity index (χ1v) is 5.24. The second-order valence-electron chi connectivity index (χ2n) is 3.16. The number of benzene rings is 1. The smallest absolute Gasteiger partial charge is 0.115 e. The summed E-state index contributed by atoms with van der Waals surface area (Å²) in [6.45, 7) is 4.00. The van der Waals surface area contributed by atoms with Crippen LogP contribution in [0.3, 0.4) is 0 Å². The van der Waals surface area contributed by atoms with E-state index >= 15 is 0 Å². The number of hydrogen-bond acceptors (Lipinski definition) is 1. The van der Waals surface area contributed by atoms with E-state index in [2.05, 4.69) is 33.9 Å². The predicted molar refractivity (Wildman–Crippen MR) is 63.0 cm³/mol. The van der Waals surface area contributed by atoms with Crippen molar-refractivity contribution in [2.24, 2.45) is 7.05 Å². The van der Waals surface area contributed by atoms with E-state index in [9.17, 15) is 0 Å². The molecule has 4 heteroatoms. The molecule has 0 spiro atoms. The number of hydrogen-bond donors (Lipinski definition) is 0. The second-order valence-corrected chi connectivity index (χ2v) is 3.16. The molecule has 2 aromatic heterocycles. The Labute approximate surface area is 109 Å². The van der Waals surface area contributed by atoms with Crippen LogP contribution in [0.15, 0.2) is 36.8 Å². The Hall–Kier alpha value is -1.08. The summed E-state index contributed by atoms with van der Waals surface area (Å²) in [7, 11) is 2.04. The van der Waals surface area contributed by atoms with E-state index < -0.39 is 0 Å². The van der Waals surface area contributed by atoms with Gasteiger partial charge < -0.3 is 0 Å². The van der Waals surface area contributed by atoms with Crippen LogP contribution in [0.5, 0.6) is 0 Å². The van der Waals surface area contributed by atoms with Crippen molar-refractivity contribution in [3.8, 4) is 0 Å². The van der Waals surface area contributed by atoms with Gasteiger partial charge in [-0.15, -0.1) is 0 Å². The number of aromatic nitrogens is 3. The first kappa shape index (κ1) is 13.0. The summed E-state index contributed by atoms with van der Waals surface area (Å²) in [6.07, 6.45) is 3.72. The van der Waals surface area contributed by atoms with Gasteiger partial charge in [-0.05, 0) is 6.07 Å². The van der Waals surface area contributed by atoms with Crippen molar-refractivity contribution in [3.63, 3.8) is 0 Å². The number of rotatable bonds is 0. The quantitative estimate of drug-likeness (QED) is 0.584. The van der Waals surface area contributed by atoms with Crippen LogP contribution in [0.1, 0.15) is 13.8 Å². The van der Waals surface area contributed by atoms with E-state index in [1.54, 1.807) is 0 Å². The predicted octanol–water partition coefficient (Wildman–Crippen LogP) is 2.85. The van der Waals surface area contributed by atoms with Gasteiger partial charge in [-0.25, -0.2) is 9.50 Å². The van der Waals surface area contributed by atoms with E-state index in [1.807, 2.05) is 37.9 Å². The number of aryl methyl sites for hydroxylation is 1. The van der Waals surface area contributed by atoms with Crippen molar-refractivity contribution < 1.29 is 21.1 Å². The van der Waals surface area contributed by atoms with Gasteiger partial charge in [0.2, 0.25) is 0 Å². The fourth-order valence-corrected chi connectivity index (χ4v) is 1.81. The van der Waals surface area contributed by atoms with Crippen LogP contribution >= 0.6 is 0 Å². The fourth-order valence-electron chi connectivity index (χ4n) is 1.81. The van der Waals surface area contributed by atoms with Crippen LogP contribution in [-0.4, -0.2) is 14.2 Å². The molecule has 0 fully saturated rings. The van der Waals surface area contributed by atoms with E-state index in [0.29, 0.717) is 0 Å². The number of para-hydroxylation sites is 1. The zero-order valence-corrected chi connectivity index (χ0v) is 12.6. The molecule has 0 bridgehead atoms. The maximum Gasteiger partial charge on any atom is 0.115 e. The van der Waals surface area contributed by atoms with Crippen molar-refractivity contribution >= 4 is 16.4 Å². The summed E-state index contributed by atoms with van der Waals surface area (Å²) >= 11 is 0. The normalized spacial score (nSPS) is 9.69. The Bertz CT molecular complexity index is 580. The van der Waals surface area contributed by atoms with Crippen LogP contribution in [0.2, 0.25) is 0 Å². The molecule has 2 heterocycles. The van der Waals surface area contributed by atoms with E-state index in [0.717, 1.165) is 5.52 Å². The molecular formula is C12H15N3W. The summed E-state index contributed by atoms with van der Waals surface area (Å²) in [5.41, 5.74) is 2.40. The monoisotopic (exact) mass is 385 g/mol. The Kier molecular flexibility index (Phi) is 4.31. The van der Waals surface area contributed by atoms with Gasteiger partial charge >= 0.3 is 0 Å². The summed E-state index contributed by atoms with van der Waals surface area (Å²) in [5, 5.41) is 1.25. The summed E-state index contributed by atoms with van der Waals surface area (Å²) in [5.74, 6) is 0. The molecule has 16 heavy (non-hydrogen) atoms. The van der Waals surface area contributed by atoms with Crippen molar-refractivity contribution in [2.45, 2.75) is 13.8 Å². The maximum absolute atomic E-state index is 4.11. The number of fused-ring (bicyclic) bond motifs is 3. The van der Waals surface area contributed by atoms with Crippen LogP contribution in [0, 0.1) is 0 Å². The molecule has 0 saturated carbocycles. The summed E-state index contributed by atoms with van der Waals surface area (Å²) in [6, 6.07) is 8.33. The van der Waals surface area contributed by atoms with Gasteiger partial charge in [0, 0.05) is 33.5 Å².